The standard InChI is InChI=1S/C9H15NO2/c1-7(2)8-10-9(6-12-8)3-4-11-5-9/h7H,3-6H2,1-2H3. The first-order valence-corrected chi connectivity index (χ1v) is 4.52. The molecule has 2 heterocycles. The lowest BCUT2D eigenvalue weighted by Crippen LogP contribution is -2.27. The second-order valence-corrected chi connectivity index (χ2v) is 3.92. The molecular formula is C9H15NO2. The highest BCUT2D eigenvalue weighted by atomic mass is 16.5. The summed E-state index contributed by atoms with van der Waals surface area (Å²) in [5.41, 5.74) is -0.0143. The molecular weight excluding hydrogens is 154 g/mol. The molecule has 1 atom stereocenters. The quantitative estimate of drug-likeness (QED) is 0.591. The number of hydrogen-bond donors (Lipinski definition) is 0. The van der Waals surface area contributed by atoms with Crippen LogP contribution in [-0.2, 0) is 9.47 Å². The zero-order valence-electron chi connectivity index (χ0n) is 7.67. The minimum atomic E-state index is -0.0143. The van der Waals surface area contributed by atoms with Crippen LogP contribution < -0.4 is 0 Å². The smallest absolute Gasteiger partial charge is 0.186 e. The van der Waals surface area contributed by atoms with Crippen molar-refractivity contribution in [3.05, 3.63) is 0 Å². The Kier molecular flexibility index (Phi) is 1.83. The lowest BCUT2D eigenvalue weighted by molar-refractivity contribution is 0.164. The number of hydrogen-bond acceptors (Lipinski definition) is 3. The van der Waals surface area contributed by atoms with E-state index in [0.717, 1.165) is 32.1 Å². The molecule has 0 aromatic rings. The van der Waals surface area contributed by atoms with Gasteiger partial charge in [0.1, 0.15) is 12.1 Å². The topological polar surface area (TPSA) is 30.8 Å². The summed E-state index contributed by atoms with van der Waals surface area (Å²) in [6, 6.07) is 0. The Bertz CT molecular complexity index is 205. The lowest BCUT2D eigenvalue weighted by Gasteiger charge is -2.12. The van der Waals surface area contributed by atoms with E-state index in [9.17, 15) is 0 Å². The molecule has 2 aliphatic rings. The number of rotatable bonds is 1. The van der Waals surface area contributed by atoms with Crippen LogP contribution in [0.3, 0.4) is 0 Å². The van der Waals surface area contributed by atoms with Gasteiger partial charge in [-0.05, 0) is 0 Å². The summed E-state index contributed by atoms with van der Waals surface area (Å²) in [5.74, 6) is 1.31. The van der Waals surface area contributed by atoms with Crippen LogP contribution in [-0.4, -0.2) is 31.3 Å². The minimum absolute atomic E-state index is 0.0143. The molecule has 0 radical (unpaired) electrons. The van der Waals surface area contributed by atoms with E-state index in [0.29, 0.717) is 5.92 Å². The number of aliphatic imine (C=N–C) groups is 1. The van der Waals surface area contributed by atoms with Crippen LogP contribution in [0.15, 0.2) is 4.99 Å². The van der Waals surface area contributed by atoms with E-state index in [2.05, 4.69) is 18.8 Å². The highest BCUT2D eigenvalue weighted by Gasteiger charge is 2.40. The predicted octanol–water partition coefficient (Wildman–Crippen LogP) is 1.23. The minimum Gasteiger partial charge on any atom is -0.478 e. The third-order valence-electron chi connectivity index (χ3n) is 2.41. The van der Waals surface area contributed by atoms with Gasteiger partial charge in [0.2, 0.25) is 0 Å². The fraction of sp³-hybridized carbons (Fsp3) is 0.889. The molecule has 12 heavy (non-hydrogen) atoms. The lowest BCUT2D eigenvalue weighted by atomic mass is 10.0. The third kappa shape index (κ3) is 1.22. The SMILES string of the molecule is CC(C)C1=NC2(CCOC2)CO1. The molecule has 3 nitrogen and oxygen atoms in total. The van der Waals surface area contributed by atoms with Crippen LogP contribution in [0.4, 0.5) is 0 Å². The Hall–Kier alpha value is -0.570. The molecule has 0 bridgehead atoms. The molecule has 1 saturated heterocycles. The summed E-state index contributed by atoms with van der Waals surface area (Å²) in [6.07, 6.45) is 1.02. The van der Waals surface area contributed by atoms with Crippen molar-refractivity contribution in [1.29, 1.82) is 0 Å². The second-order valence-electron chi connectivity index (χ2n) is 3.92. The summed E-state index contributed by atoms with van der Waals surface area (Å²) in [6.45, 7) is 6.50. The van der Waals surface area contributed by atoms with Crippen LogP contribution in [0.2, 0.25) is 0 Å². The van der Waals surface area contributed by atoms with Gasteiger partial charge >= 0.3 is 0 Å². The molecule has 1 unspecified atom stereocenters. The molecule has 0 amide bonds. The van der Waals surface area contributed by atoms with Crippen LogP contribution in [0.1, 0.15) is 20.3 Å². The van der Waals surface area contributed by atoms with Crippen molar-refractivity contribution in [2.24, 2.45) is 10.9 Å². The Balaban J connectivity index is 2.12. The molecule has 0 saturated carbocycles. The average molecular weight is 169 g/mol. The second kappa shape index (κ2) is 2.73. The van der Waals surface area contributed by atoms with E-state index in [1.54, 1.807) is 0 Å². The van der Waals surface area contributed by atoms with E-state index in [1.807, 2.05) is 0 Å². The zero-order valence-corrected chi connectivity index (χ0v) is 7.67. The predicted molar refractivity (Wildman–Crippen MR) is 46.4 cm³/mol. The summed E-state index contributed by atoms with van der Waals surface area (Å²) >= 11 is 0. The maximum Gasteiger partial charge on any atom is 0.186 e. The highest BCUT2D eigenvalue weighted by molar-refractivity contribution is 5.80. The van der Waals surface area contributed by atoms with E-state index in [-0.39, 0.29) is 5.54 Å². The summed E-state index contributed by atoms with van der Waals surface area (Å²) in [4.78, 5) is 4.59. The maximum atomic E-state index is 5.52. The maximum absolute atomic E-state index is 5.52. The Morgan fingerprint density at radius 3 is 2.75 bits per heavy atom. The average Bonchev–Trinajstić information content (AvgIpc) is 2.62. The van der Waals surface area contributed by atoms with E-state index >= 15 is 0 Å². The molecule has 0 aromatic heterocycles. The largest absolute Gasteiger partial charge is 0.478 e. The molecule has 2 rings (SSSR count). The van der Waals surface area contributed by atoms with Crippen molar-refractivity contribution in [3.63, 3.8) is 0 Å². The van der Waals surface area contributed by atoms with Gasteiger partial charge in [0, 0.05) is 18.9 Å². The normalized spacial score (nSPS) is 34.4. The van der Waals surface area contributed by atoms with Crippen molar-refractivity contribution < 1.29 is 9.47 Å². The van der Waals surface area contributed by atoms with Gasteiger partial charge in [-0.15, -0.1) is 0 Å². The number of ether oxygens (including phenoxy) is 2. The molecule has 3 heteroatoms. The summed E-state index contributed by atoms with van der Waals surface area (Å²) in [7, 11) is 0. The monoisotopic (exact) mass is 169 g/mol. The van der Waals surface area contributed by atoms with Crippen LogP contribution in [0, 0.1) is 5.92 Å². The first kappa shape index (κ1) is 8.05. The molecule has 2 aliphatic heterocycles. The van der Waals surface area contributed by atoms with Crippen LogP contribution >= 0.6 is 0 Å². The van der Waals surface area contributed by atoms with Gasteiger partial charge in [-0.25, -0.2) is 4.99 Å². The molecule has 0 N–H and O–H groups in total. The van der Waals surface area contributed by atoms with Gasteiger partial charge in [-0.1, -0.05) is 13.8 Å². The van der Waals surface area contributed by atoms with Crippen molar-refractivity contribution in [1.82, 2.24) is 0 Å². The summed E-state index contributed by atoms with van der Waals surface area (Å²) < 4.78 is 10.8. The fourth-order valence-corrected chi connectivity index (χ4v) is 1.60. The van der Waals surface area contributed by atoms with E-state index in [1.165, 1.54) is 0 Å². The van der Waals surface area contributed by atoms with Crippen LogP contribution in [0.25, 0.3) is 0 Å². The molecule has 68 valence electrons. The van der Waals surface area contributed by atoms with Crippen molar-refractivity contribution >= 4 is 5.90 Å². The van der Waals surface area contributed by atoms with E-state index in [4.69, 9.17) is 9.47 Å². The van der Waals surface area contributed by atoms with Gasteiger partial charge in [0.15, 0.2) is 5.90 Å². The molecule has 0 aliphatic carbocycles. The highest BCUT2D eigenvalue weighted by Crippen LogP contribution is 2.29. The Morgan fingerprint density at radius 2 is 2.25 bits per heavy atom. The first-order chi connectivity index (χ1) is 5.72. The molecule has 1 fully saturated rings. The molecule has 1 spiro atoms. The van der Waals surface area contributed by atoms with Gasteiger partial charge < -0.3 is 9.47 Å². The Morgan fingerprint density at radius 1 is 1.42 bits per heavy atom. The van der Waals surface area contributed by atoms with Gasteiger partial charge in [-0.3, -0.25) is 0 Å². The van der Waals surface area contributed by atoms with Crippen molar-refractivity contribution in [2.45, 2.75) is 25.8 Å². The summed E-state index contributed by atoms with van der Waals surface area (Å²) in [5, 5.41) is 0. The third-order valence-corrected chi connectivity index (χ3v) is 2.41. The number of nitrogens with zero attached hydrogens (tertiary/aromatic N) is 1. The fourth-order valence-electron chi connectivity index (χ4n) is 1.60. The molecule has 0 aromatic carbocycles. The van der Waals surface area contributed by atoms with Crippen molar-refractivity contribution in [3.8, 4) is 0 Å². The van der Waals surface area contributed by atoms with E-state index < -0.39 is 0 Å². The van der Waals surface area contributed by atoms with Crippen molar-refractivity contribution in [2.75, 3.05) is 19.8 Å². The zero-order chi connectivity index (χ0) is 8.60. The van der Waals surface area contributed by atoms with Gasteiger partial charge in [0.25, 0.3) is 0 Å². The first-order valence-electron chi connectivity index (χ1n) is 4.52. The van der Waals surface area contributed by atoms with Gasteiger partial charge in [-0.2, -0.15) is 0 Å². The Labute approximate surface area is 72.8 Å². The van der Waals surface area contributed by atoms with Crippen LogP contribution in [0.5, 0.6) is 0 Å². The van der Waals surface area contributed by atoms with Gasteiger partial charge in [0.05, 0.1) is 6.61 Å².